The van der Waals surface area contributed by atoms with E-state index in [1.54, 1.807) is 0 Å². The second kappa shape index (κ2) is 6.76. The molecule has 0 saturated carbocycles. The molecule has 1 aliphatic heterocycles. The minimum atomic E-state index is 0.192. The Morgan fingerprint density at radius 1 is 1.38 bits per heavy atom. The van der Waals surface area contributed by atoms with Crippen molar-refractivity contribution < 1.29 is 4.42 Å². The predicted octanol–water partition coefficient (Wildman–Crippen LogP) is 1.99. The Kier molecular flexibility index (Phi) is 4.34. The van der Waals surface area contributed by atoms with Gasteiger partial charge in [0.15, 0.2) is 0 Å². The lowest BCUT2D eigenvalue weighted by Gasteiger charge is -2.16. The van der Waals surface area contributed by atoms with Crippen LogP contribution in [-0.4, -0.2) is 29.4 Å². The first-order valence-corrected chi connectivity index (χ1v) is 8.46. The van der Waals surface area contributed by atoms with Crippen LogP contribution in [0, 0.1) is 12.8 Å². The normalized spacial score (nSPS) is 20.9. The molecule has 6 nitrogen and oxygen atoms in total. The Labute approximate surface area is 141 Å². The first-order chi connectivity index (χ1) is 11.8. The largest absolute Gasteiger partial charge is 0.459 e. The predicted molar refractivity (Wildman–Crippen MR) is 93.4 cm³/mol. The van der Waals surface area contributed by atoms with Gasteiger partial charge in [-0.3, -0.25) is 10.1 Å². The average molecular weight is 325 g/mol. The zero-order valence-corrected chi connectivity index (χ0v) is 13.8. The molecule has 126 valence electrons. The van der Waals surface area contributed by atoms with Crippen molar-refractivity contribution in [2.75, 3.05) is 19.6 Å². The Balaban J connectivity index is 1.34. The van der Waals surface area contributed by atoms with Crippen LogP contribution in [0.15, 0.2) is 47.1 Å². The van der Waals surface area contributed by atoms with Gasteiger partial charge >= 0.3 is 0 Å². The van der Waals surface area contributed by atoms with Gasteiger partial charge < -0.3 is 9.73 Å². The Bertz CT molecular complexity index is 775. The fraction of sp³-hybridized carbons (Fsp3) is 0.389. The van der Waals surface area contributed by atoms with Gasteiger partial charge in [0.1, 0.15) is 11.3 Å². The monoisotopic (exact) mass is 325 g/mol. The lowest BCUT2D eigenvalue weighted by Crippen LogP contribution is -2.30. The summed E-state index contributed by atoms with van der Waals surface area (Å²) in [5, 5.41) is 9.00. The number of aromatic nitrogens is 2. The average Bonchev–Trinajstić information content (AvgIpc) is 3.30. The van der Waals surface area contributed by atoms with Gasteiger partial charge in [0.05, 0.1) is 18.8 Å². The first kappa shape index (κ1) is 15.4. The second-order valence-electron chi connectivity index (χ2n) is 6.43. The van der Waals surface area contributed by atoms with E-state index in [4.69, 9.17) is 4.42 Å². The maximum Gasteiger partial charge on any atom is 0.134 e. The van der Waals surface area contributed by atoms with Crippen LogP contribution in [0.4, 0.5) is 0 Å². The highest BCUT2D eigenvalue weighted by atomic mass is 16.3. The van der Waals surface area contributed by atoms with Crippen LogP contribution < -0.4 is 16.2 Å². The van der Waals surface area contributed by atoms with E-state index in [1.165, 1.54) is 5.56 Å². The molecule has 2 unspecified atom stereocenters. The third kappa shape index (κ3) is 3.21. The van der Waals surface area contributed by atoms with Gasteiger partial charge in [0.25, 0.3) is 0 Å². The molecule has 0 amide bonds. The number of fused-ring (bicyclic) bond motifs is 1. The second-order valence-corrected chi connectivity index (χ2v) is 6.43. The number of hydrogen-bond donors (Lipinski definition) is 3. The zero-order chi connectivity index (χ0) is 16.4. The number of rotatable bonds is 6. The highest BCUT2D eigenvalue weighted by molar-refractivity contribution is 5.77. The smallest absolute Gasteiger partial charge is 0.134 e. The fourth-order valence-electron chi connectivity index (χ4n) is 3.26. The molecular formula is C18H23N5O. The summed E-state index contributed by atoms with van der Waals surface area (Å²) in [6, 6.07) is 10.5. The molecule has 3 N–H and O–H groups in total. The molecule has 3 heterocycles. The summed E-state index contributed by atoms with van der Waals surface area (Å²) >= 11 is 0. The Morgan fingerprint density at radius 2 is 2.29 bits per heavy atom. The third-order valence-electron chi connectivity index (χ3n) is 4.53. The van der Waals surface area contributed by atoms with Crippen molar-refractivity contribution in [2.24, 2.45) is 5.92 Å². The van der Waals surface area contributed by atoms with Gasteiger partial charge in [0, 0.05) is 37.1 Å². The number of benzene rings is 1. The van der Waals surface area contributed by atoms with Gasteiger partial charge in [-0.1, -0.05) is 18.2 Å². The molecular weight excluding hydrogens is 302 g/mol. The number of hydrogen-bond acceptors (Lipinski definition) is 5. The van der Waals surface area contributed by atoms with Crippen molar-refractivity contribution in [1.82, 2.24) is 25.9 Å². The maximum absolute atomic E-state index is 6.02. The Hall–Kier alpha value is -2.15. The topological polar surface area (TPSA) is 67.1 Å². The molecule has 1 fully saturated rings. The molecule has 3 aromatic rings. The summed E-state index contributed by atoms with van der Waals surface area (Å²) in [4.78, 5) is 0. The van der Waals surface area contributed by atoms with E-state index in [2.05, 4.69) is 46.5 Å². The summed E-state index contributed by atoms with van der Waals surface area (Å²) in [6.45, 7) is 5.71. The lowest BCUT2D eigenvalue weighted by atomic mass is 9.99. The van der Waals surface area contributed by atoms with Crippen LogP contribution >= 0.6 is 0 Å². The fourth-order valence-corrected chi connectivity index (χ4v) is 3.26. The van der Waals surface area contributed by atoms with Crippen molar-refractivity contribution in [1.29, 1.82) is 0 Å². The molecule has 2 atom stereocenters. The number of furan rings is 1. The quantitative estimate of drug-likeness (QED) is 0.605. The highest BCUT2D eigenvalue weighted by Crippen LogP contribution is 2.29. The molecule has 1 saturated heterocycles. The van der Waals surface area contributed by atoms with E-state index < -0.39 is 0 Å². The zero-order valence-electron chi connectivity index (χ0n) is 13.8. The molecule has 6 heteroatoms. The number of hydrazine groups is 1. The molecule has 0 radical (unpaired) electrons. The summed E-state index contributed by atoms with van der Waals surface area (Å²) in [5.74, 6) is 1.45. The highest BCUT2D eigenvalue weighted by Gasteiger charge is 2.30. The molecule has 1 aromatic carbocycles. The van der Waals surface area contributed by atoms with Gasteiger partial charge in [-0.05, 0) is 24.6 Å². The Morgan fingerprint density at radius 3 is 3.12 bits per heavy atom. The van der Waals surface area contributed by atoms with Crippen molar-refractivity contribution >= 4 is 11.0 Å². The number of para-hydroxylation sites is 1. The molecule has 24 heavy (non-hydrogen) atoms. The van der Waals surface area contributed by atoms with E-state index in [9.17, 15) is 0 Å². The number of aryl methyl sites for hydroxylation is 1. The molecule has 0 spiro atoms. The maximum atomic E-state index is 6.02. The van der Waals surface area contributed by atoms with Gasteiger partial charge in [-0.25, -0.2) is 5.43 Å². The van der Waals surface area contributed by atoms with Crippen molar-refractivity contribution in [2.45, 2.75) is 19.5 Å². The van der Waals surface area contributed by atoms with E-state index in [-0.39, 0.29) is 6.04 Å². The minimum absolute atomic E-state index is 0.192. The SMILES string of the molecule is Cc1cnn(CCNCC2CNNC2c2cc3ccccc3o2)c1. The molecule has 4 rings (SSSR count). The first-order valence-electron chi connectivity index (χ1n) is 8.46. The van der Waals surface area contributed by atoms with Crippen LogP contribution in [-0.2, 0) is 6.54 Å². The van der Waals surface area contributed by atoms with Gasteiger partial charge in [-0.15, -0.1) is 0 Å². The lowest BCUT2D eigenvalue weighted by molar-refractivity contribution is 0.375. The van der Waals surface area contributed by atoms with E-state index in [0.717, 1.165) is 42.9 Å². The van der Waals surface area contributed by atoms with E-state index in [1.807, 2.05) is 29.1 Å². The summed E-state index contributed by atoms with van der Waals surface area (Å²) in [5.41, 5.74) is 8.75. The van der Waals surface area contributed by atoms with Crippen LogP contribution in [0.1, 0.15) is 17.4 Å². The third-order valence-corrected chi connectivity index (χ3v) is 4.53. The van der Waals surface area contributed by atoms with Crippen molar-refractivity contribution in [3.8, 4) is 0 Å². The van der Waals surface area contributed by atoms with E-state index >= 15 is 0 Å². The summed E-state index contributed by atoms with van der Waals surface area (Å²) in [6.07, 6.45) is 3.96. The summed E-state index contributed by atoms with van der Waals surface area (Å²) < 4.78 is 7.99. The molecule has 0 aliphatic carbocycles. The van der Waals surface area contributed by atoms with Crippen LogP contribution in [0.3, 0.4) is 0 Å². The van der Waals surface area contributed by atoms with Gasteiger partial charge in [-0.2, -0.15) is 5.10 Å². The van der Waals surface area contributed by atoms with Gasteiger partial charge in [0.2, 0.25) is 0 Å². The summed E-state index contributed by atoms with van der Waals surface area (Å²) in [7, 11) is 0. The van der Waals surface area contributed by atoms with Crippen LogP contribution in [0.2, 0.25) is 0 Å². The van der Waals surface area contributed by atoms with Crippen LogP contribution in [0.25, 0.3) is 11.0 Å². The number of nitrogens with zero attached hydrogens (tertiary/aromatic N) is 2. The van der Waals surface area contributed by atoms with E-state index in [0.29, 0.717) is 5.92 Å². The standard InChI is InChI=1S/C18H23N5O/c1-13-9-21-23(12-13)7-6-19-10-15-11-20-22-18(15)17-8-14-4-2-3-5-16(14)24-17/h2-5,8-9,12,15,18-20,22H,6-7,10-11H2,1H3. The number of nitrogens with one attached hydrogen (secondary N) is 3. The molecule has 0 bridgehead atoms. The van der Waals surface area contributed by atoms with Crippen molar-refractivity contribution in [3.05, 3.63) is 54.0 Å². The van der Waals surface area contributed by atoms with Crippen LogP contribution in [0.5, 0.6) is 0 Å². The molecule has 2 aromatic heterocycles. The molecule has 1 aliphatic rings. The minimum Gasteiger partial charge on any atom is -0.459 e. The van der Waals surface area contributed by atoms with Crippen molar-refractivity contribution in [3.63, 3.8) is 0 Å².